The molecule has 2 heterocycles. The van der Waals surface area contributed by atoms with Crippen molar-refractivity contribution in [1.29, 1.82) is 0 Å². The van der Waals surface area contributed by atoms with E-state index in [9.17, 15) is 9.59 Å². The fourth-order valence-electron chi connectivity index (χ4n) is 2.25. The molecule has 21 heavy (non-hydrogen) atoms. The Bertz CT molecular complexity index is 727. The molecule has 1 amide bonds. The molecule has 2 aromatic rings. The Balaban J connectivity index is 2.01. The van der Waals surface area contributed by atoms with Gasteiger partial charge >= 0.3 is 0 Å². The summed E-state index contributed by atoms with van der Waals surface area (Å²) in [6.45, 7) is 0.436. The lowest BCUT2D eigenvalue weighted by Gasteiger charge is -2.16. The lowest BCUT2D eigenvalue weighted by atomic mass is 10.2. The molecule has 1 aliphatic rings. The van der Waals surface area contributed by atoms with Gasteiger partial charge in [0.15, 0.2) is 0 Å². The zero-order valence-electron chi connectivity index (χ0n) is 11.7. The maximum atomic E-state index is 12.6. The summed E-state index contributed by atoms with van der Waals surface area (Å²) in [5.74, 6) is 0.643. The minimum absolute atomic E-state index is 0.0169. The van der Waals surface area contributed by atoms with E-state index < -0.39 is 0 Å². The standard InChI is InChI=1S/C15H15N3O2S/c1-17-12-9-16-18(10-11-5-3-2-4-6-11)15(20)14(12)21-8-7-13(17)19/h2-6,9H,7-8,10H2,1H3. The average molecular weight is 301 g/mol. The molecular weight excluding hydrogens is 286 g/mol. The van der Waals surface area contributed by atoms with Crippen molar-refractivity contribution in [3.8, 4) is 0 Å². The van der Waals surface area contributed by atoms with Crippen molar-refractivity contribution in [3.05, 3.63) is 52.4 Å². The zero-order chi connectivity index (χ0) is 14.8. The Morgan fingerprint density at radius 1 is 1.24 bits per heavy atom. The van der Waals surface area contributed by atoms with Gasteiger partial charge in [-0.2, -0.15) is 5.10 Å². The monoisotopic (exact) mass is 301 g/mol. The summed E-state index contributed by atoms with van der Waals surface area (Å²) >= 11 is 1.43. The van der Waals surface area contributed by atoms with E-state index >= 15 is 0 Å². The quantitative estimate of drug-likeness (QED) is 0.848. The van der Waals surface area contributed by atoms with Crippen molar-refractivity contribution in [3.63, 3.8) is 0 Å². The number of aromatic nitrogens is 2. The molecule has 1 aromatic heterocycles. The number of anilines is 1. The van der Waals surface area contributed by atoms with E-state index in [2.05, 4.69) is 5.10 Å². The van der Waals surface area contributed by atoms with Crippen LogP contribution in [-0.4, -0.2) is 28.5 Å². The number of amides is 1. The van der Waals surface area contributed by atoms with E-state index in [-0.39, 0.29) is 11.5 Å². The van der Waals surface area contributed by atoms with Gasteiger partial charge < -0.3 is 4.90 Å². The molecule has 0 fully saturated rings. The van der Waals surface area contributed by atoms with E-state index in [4.69, 9.17) is 0 Å². The van der Waals surface area contributed by atoms with Crippen LogP contribution in [0.25, 0.3) is 0 Å². The van der Waals surface area contributed by atoms with Crippen LogP contribution in [0.2, 0.25) is 0 Å². The van der Waals surface area contributed by atoms with Crippen molar-refractivity contribution in [1.82, 2.24) is 9.78 Å². The lowest BCUT2D eigenvalue weighted by molar-refractivity contribution is -0.117. The molecule has 3 rings (SSSR count). The maximum Gasteiger partial charge on any atom is 0.282 e. The highest BCUT2D eigenvalue weighted by atomic mass is 32.2. The maximum absolute atomic E-state index is 12.6. The van der Waals surface area contributed by atoms with Crippen LogP contribution in [0.4, 0.5) is 5.69 Å². The first kappa shape index (κ1) is 13.9. The molecule has 0 saturated carbocycles. The molecule has 0 atom stereocenters. The van der Waals surface area contributed by atoms with Gasteiger partial charge in [0.25, 0.3) is 5.56 Å². The van der Waals surface area contributed by atoms with Gasteiger partial charge in [-0.05, 0) is 5.56 Å². The second-order valence-corrected chi connectivity index (χ2v) is 5.96. The summed E-state index contributed by atoms with van der Waals surface area (Å²) in [7, 11) is 1.69. The van der Waals surface area contributed by atoms with Gasteiger partial charge in [0, 0.05) is 19.2 Å². The van der Waals surface area contributed by atoms with Crippen LogP contribution in [0.3, 0.4) is 0 Å². The van der Waals surface area contributed by atoms with Crippen LogP contribution >= 0.6 is 11.8 Å². The summed E-state index contributed by atoms with van der Waals surface area (Å²) in [4.78, 5) is 26.5. The molecule has 0 spiro atoms. The van der Waals surface area contributed by atoms with E-state index in [1.165, 1.54) is 21.3 Å². The third-order valence-electron chi connectivity index (χ3n) is 3.45. The van der Waals surface area contributed by atoms with Crippen LogP contribution in [0.5, 0.6) is 0 Å². The Kier molecular flexibility index (Phi) is 3.79. The number of benzene rings is 1. The van der Waals surface area contributed by atoms with Crippen LogP contribution < -0.4 is 10.5 Å². The molecular formula is C15H15N3O2S. The average Bonchev–Trinajstić information content (AvgIpc) is 2.64. The van der Waals surface area contributed by atoms with Crippen LogP contribution in [0.1, 0.15) is 12.0 Å². The number of rotatable bonds is 2. The van der Waals surface area contributed by atoms with Crippen LogP contribution in [0.15, 0.2) is 46.2 Å². The number of hydrogen-bond donors (Lipinski definition) is 0. The Morgan fingerprint density at radius 3 is 2.76 bits per heavy atom. The Hall–Kier alpha value is -2.08. The van der Waals surface area contributed by atoms with Gasteiger partial charge in [0.1, 0.15) is 0 Å². The fraction of sp³-hybridized carbons (Fsp3) is 0.267. The smallest absolute Gasteiger partial charge is 0.282 e. The van der Waals surface area contributed by atoms with E-state index in [1.807, 2.05) is 30.3 Å². The highest BCUT2D eigenvalue weighted by Gasteiger charge is 2.23. The molecule has 6 heteroatoms. The summed E-state index contributed by atoms with van der Waals surface area (Å²) in [5.41, 5.74) is 1.50. The first-order chi connectivity index (χ1) is 10.2. The molecule has 5 nitrogen and oxygen atoms in total. The largest absolute Gasteiger partial charge is 0.313 e. The highest BCUT2D eigenvalue weighted by molar-refractivity contribution is 7.99. The summed E-state index contributed by atoms with van der Waals surface area (Å²) in [5, 5.41) is 4.21. The molecule has 1 aliphatic heterocycles. The van der Waals surface area contributed by atoms with Gasteiger partial charge in [-0.15, -0.1) is 11.8 Å². The van der Waals surface area contributed by atoms with Crippen molar-refractivity contribution < 1.29 is 4.79 Å². The van der Waals surface area contributed by atoms with Gasteiger partial charge in [0.2, 0.25) is 5.91 Å². The molecule has 0 saturated heterocycles. The first-order valence-corrected chi connectivity index (χ1v) is 7.69. The fourth-order valence-corrected chi connectivity index (χ4v) is 3.30. The third kappa shape index (κ3) is 2.71. The van der Waals surface area contributed by atoms with E-state index in [1.54, 1.807) is 13.2 Å². The van der Waals surface area contributed by atoms with Crippen molar-refractivity contribution in [2.45, 2.75) is 17.9 Å². The second kappa shape index (κ2) is 5.73. The number of nitrogens with zero attached hydrogens (tertiary/aromatic N) is 3. The van der Waals surface area contributed by atoms with Crippen molar-refractivity contribution >= 4 is 23.4 Å². The van der Waals surface area contributed by atoms with Crippen molar-refractivity contribution in [2.75, 3.05) is 17.7 Å². The van der Waals surface area contributed by atoms with E-state index in [0.29, 0.717) is 29.3 Å². The van der Waals surface area contributed by atoms with Gasteiger partial charge in [-0.3, -0.25) is 9.59 Å². The molecule has 0 aliphatic carbocycles. The minimum Gasteiger partial charge on any atom is -0.313 e. The van der Waals surface area contributed by atoms with Gasteiger partial charge in [-0.25, -0.2) is 4.68 Å². The van der Waals surface area contributed by atoms with Crippen LogP contribution in [-0.2, 0) is 11.3 Å². The predicted octanol–water partition coefficient (Wildman–Crippen LogP) is 1.75. The SMILES string of the molecule is CN1C(=O)CCSc2c1cnn(Cc1ccccc1)c2=O. The lowest BCUT2D eigenvalue weighted by Crippen LogP contribution is -2.30. The van der Waals surface area contributed by atoms with Gasteiger partial charge in [0.05, 0.1) is 23.3 Å². The Labute approximate surface area is 126 Å². The Morgan fingerprint density at radius 2 is 2.00 bits per heavy atom. The topological polar surface area (TPSA) is 55.2 Å². The minimum atomic E-state index is -0.136. The second-order valence-electron chi connectivity index (χ2n) is 4.86. The van der Waals surface area contributed by atoms with Crippen molar-refractivity contribution in [2.24, 2.45) is 0 Å². The molecule has 0 N–H and O–H groups in total. The van der Waals surface area contributed by atoms with Crippen LogP contribution in [0, 0.1) is 0 Å². The number of hydrogen-bond acceptors (Lipinski definition) is 4. The first-order valence-electron chi connectivity index (χ1n) is 6.70. The number of fused-ring (bicyclic) bond motifs is 1. The number of carbonyl (C=O) groups excluding carboxylic acids is 1. The molecule has 1 aromatic carbocycles. The molecule has 108 valence electrons. The summed E-state index contributed by atoms with van der Waals surface area (Å²) < 4.78 is 1.45. The number of carbonyl (C=O) groups is 1. The summed E-state index contributed by atoms with van der Waals surface area (Å²) in [6.07, 6.45) is 2.05. The third-order valence-corrected chi connectivity index (χ3v) is 4.53. The predicted molar refractivity (Wildman–Crippen MR) is 82.8 cm³/mol. The van der Waals surface area contributed by atoms with Gasteiger partial charge in [-0.1, -0.05) is 30.3 Å². The molecule has 0 radical (unpaired) electrons. The molecule has 0 bridgehead atoms. The summed E-state index contributed by atoms with van der Waals surface area (Å²) in [6, 6.07) is 9.73. The van der Waals surface area contributed by atoms with E-state index in [0.717, 1.165) is 5.56 Å². The normalized spacial score (nSPS) is 14.7. The number of thioether (sulfide) groups is 1. The highest BCUT2D eigenvalue weighted by Crippen LogP contribution is 2.29. The zero-order valence-corrected chi connectivity index (χ0v) is 12.5. The molecule has 0 unspecified atom stereocenters.